The highest BCUT2D eigenvalue weighted by atomic mass is 16.5. The standard InChI is InChI=1S/C16H23NO3/c1-16(15(18)19,17-11-13-3-4-13)10-9-12-5-7-14(20-2)8-6-12/h5-8,13,17H,3-4,9-11H2,1-2H3,(H,18,19). The molecule has 0 bridgehead atoms. The number of ether oxygens (including phenoxy) is 1. The van der Waals surface area contributed by atoms with Gasteiger partial charge in [-0.2, -0.15) is 0 Å². The van der Waals surface area contributed by atoms with Crippen LogP contribution in [0.5, 0.6) is 5.75 Å². The second kappa shape index (κ2) is 6.27. The van der Waals surface area contributed by atoms with Crippen LogP contribution in [0.1, 0.15) is 31.7 Å². The second-order valence-corrected chi connectivity index (χ2v) is 5.81. The van der Waals surface area contributed by atoms with E-state index in [1.54, 1.807) is 14.0 Å². The third-order valence-corrected chi connectivity index (χ3v) is 4.02. The number of hydrogen-bond donors (Lipinski definition) is 2. The van der Waals surface area contributed by atoms with E-state index in [1.807, 2.05) is 24.3 Å². The number of rotatable bonds is 8. The summed E-state index contributed by atoms with van der Waals surface area (Å²) in [5.41, 5.74) is 0.286. The molecule has 1 aromatic rings. The Kier molecular flexibility index (Phi) is 4.65. The molecule has 0 heterocycles. The highest BCUT2D eigenvalue weighted by molar-refractivity contribution is 5.78. The minimum Gasteiger partial charge on any atom is -0.497 e. The molecular weight excluding hydrogens is 254 g/mol. The monoisotopic (exact) mass is 277 g/mol. The van der Waals surface area contributed by atoms with Gasteiger partial charge in [0.1, 0.15) is 11.3 Å². The Morgan fingerprint density at radius 1 is 1.40 bits per heavy atom. The van der Waals surface area contributed by atoms with E-state index in [-0.39, 0.29) is 0 Å². The van der Waals surface area contributed by atoms with Gasteiger partial charge in [0, 0.05) is 0 Å². The first-order valence-corrected chi connectivity index (χ1v) is 7.15. The van der Waals surface area contributed by atoms with Crippen LogP contribution in [-0.2, 0) is 11.2 Å². The van der Waals surface area contributed by atoms with Crippen molar-refractivity contribution in [3.8, 4) is 5.75 Å². The smallest absolute Gasteiger partial charge is 0.323 e. The van der Waals surface area contributed by atoms with Crippen LogP contribution in [0.2, 0.25) is 0 Å². The molecule has 0 saturated heterocycles. The SMILES string of the molecule is COc1ccc(CCC(C)(NCC2CC2)C(=O)O)cc1. The average Bonchev–Trinajstić information content (AvgIpc) is 3.27. The molecule has 2 rings (SSSR count). The molecule has 0 amide bonds. The highest BCUT2D eigenvalue weighted by Crippen LogP contribution is 2.29. The van der Waals surface area contributed by atoms with Crippen LogP contribution in [0, 0.1) is 5.92 Å². The lowest BCUT2D eigenvalue weighted by Crippen LogP contribution is -2.50. The molecule has 1 aromatic carbocycles. The summed E-state index contributed by atoms with van der Waals surface area (Å²) in [6.07, 6.45) is 3.77. The van der Waals surface area contributed by atoms with Gasteiger partial charge < -0.3 is 15.2 Å². The van der Waals surface area contributed by atoms with Crippen LogP contribution in [-0.4, -0.2) is 30.3 Å². The maximum Gasteiger partial charge on any atom is 0.323 e. The van der Waals surface area contributed by atoms with Gasteiger partial charge in [-0.1, -0.05) is 12.1 Å². The summed E-state index contributed by atoms with van der Waals surface area (Å²) in [5, 5.41) is 12.7. The largest absolute Gasteiger partial charge is 0.497 e. The zero-order chi connectivity index (χ0) is 14.6. The van der Waals surface area contributed by atoms with Crippen LogP contribution < -0.4 is 10.1 Å². The van der Waals surface area contributed by atoms with E-state index in [1.165, 1.54) is 12.8 Å². The Morgan fingerprint density at radius 2 is 2.05 bits per heavy atom. The quantitative estimate of drug-likeness (QED) is 0.766. The number of aryl methyl sites for hydroxylation is 1. The molecule has 2 N–H and O–H groups in total. The molecule has 4 nitrogen and oxygen atoms in total. The van der Waals surface area contributed by atoms with Gasteiger partial charge >= 0.3 is 5.97 Å². The molecule has 1 unspecified atom stereocenters. The third-order valence-electron chi connectivity index (χ3n) is 4.02. The summed E-state index contributed by atoms with van der Waals surface area (Å²) >= 11 is 0. The number of carboxylic acid groups (broad SMARTS) is 1. The summed E-state index contributed by atoms with van der Waals surface area (Å²) in [4.78, 5) is 11.5. The Bertz CT molecular complexity index is 453. The van der Waals surface area contributed by atoms with E-state index in [0.717, 1.165) is 24.3 Å². The summed E-state index contributed by atoms with van der Waals surface area (Å²) in [6.45, 7) is 2.59. The zero-order valence-electron chi connectivity index (χ0n) is 12.2. The second-order valence-electron chi connectivity index (χ2n) is 5.81. The van der Waals surface area contributed by atoms with Gasteiger partial charge in [-0.15, -0.1) is 0 Å². The van der Waals surface area contributed by atoms with Gasteiger partial charge in [0.15, 0.2) is 0 Å². The molecule has 0 aliphatic heterocycles. The maximum atomic E-state index is 11.5. The van der Waals surface area contributed by atoms with Gasteiger partial charge in [0.05, 0.1) is 7.11 Å². The number of benzene rings is 1. The maximum absolute atomic E-state index is 11.5. The van der Waals surface area contributed by atoms with Crippen LogP contribution in [0.25, 0.3) is 0 Å². The Morgan fingerprint density at radius 3 is 2.55 bits per heavy atom. The molecule has 1 atom stereocenters. The van der Waals surface area contributed by atoms with Gasteiger partial charge in [-0.3, -0.25) is 4.79 Å². The van der Waals surface area contributed by atoms with Gasteiger partial charge in [0.25, 0.3) is 0 Å². The van der Waals surface area contributed by atoms with E-state index in [2.05, 4.69) is 5.32 Å². The molecule has 1 aliphatic rings. The van der Waals surface area contributed by atoms with Crippen molar-refractivity contribution >= 4 is 5.97 Å². The zero-order valence-corrected chi connectivity index (χ0v) is 12.2. The molecule has 1 fully saturated rings. The van der Waals surface area contributed by atoms with Crippen LogP contribution in [0.3, 0.4) is 0 Å². The Hall–Kier alpha value is -1.55. The first-order valence-electron chi connectivity index (χ1n) is 7.15. The highest BCUT2D eigenvalue weighted by Gasteiger charge is 2.34. The van der Waals surface area contributed by atoms with Crippen molar-refractivity contribution in [1.29, 1.82) is 0 Å². The molecule has 0 aromatic heterocycles. The average molecular weight is 277 g/mol. The lowest BCUT2D eigenvalue weighted by Gasteiger charge is -2.26. The minimum atomic E-state index is -0.845. The summed E-state index contributed by atoms with van der Waals surface area (Å²) < 4.78 is 5.12. The fourth-order valence-corrected chi connectivity index (χ4v) is 2.15. The van der Waals surface area contributed by atoms with Crippen LogP contribution >= 0.6 is 0 Å². The first-order chi connectivity index (χ1) is 9.53. The molecule has 110 valence electrons. The van der Waals surface area contributed by atoms with E-state index < -0.39 is 11.5 Å². The van der Waals surface area contributed by atoms with Crippen molar-refractivity contribution in [1.82, 2.24) is 5.32 Å². The molecule has 0 spiro atoms. The van der Waals surface area contributed by atoms with E-state index in [9.17, 15) is 9.90 Å². The normalized spacial score (nSPS) is 17.5. The van der Waals surface area contributed by atoms with Crippen molar-refractivity contribution in [2.45, 2.75) is 38.1 Å². The predicted octanol–water partition coefficient (Wildman–Crippen LogP) is 2.47. The number of carbonyl (C=O) groups is 1. The summed E-state index contributed by atoms with van der Waals surface area (Å²) in [6, 6.07) is 7.79. The van der Waals surface area contributed by atoms with E-state index in [4.69, 9.17) is 4.74 Å². The first kappa shape index (κ1) is 14.9. The van der Waals surface area contributed by atoms with Gasteiger partial charge in [-0.05, 0) is 62.8 Å². The van der Waals surface area contributed by atoms with Crippen LogP contribution in [0.15, 0.2) is 24.3 Å². The van der Waals surface area contributed by atoms with Gasteiger partial charge in [-0.25, -0.2) is 0 Å². The predicted molar refractivity (Wildman–Crippen MR) is 78.1 cm³/mol. The molecule has 1 saturated carbocycles. The lowest BCUT2D eigenvalue weighted by molar-refractivity contribution is -0.144. The van der Waals surface area contributed by atoms with Crippen molar-refractivity contribution in [3.63, 3.8) is 0 Å². The number of hydrogen-bond acceptors (Lipinski definition) is 3. The fraction of sp³-hybridized carbons (Fsp3) is 0.562. The third kappa shape index (κ3) is 3.97. The van der Waals surface area contributed by atoms with Crippen molar-refractivity contribution in [2.75, 3.05) is 13.7 Å². The molecule has 0 radical (unpaired) electrons. The number of methoxy groups -OCH3 is 1. The number of aliphatic carboxylic acids is 1. The summed E-state index contributed by atoms with van der Waals surface area (Å²) in [5.74, 6) is 0.725. The van der Waals surface area contributed by atoms with Crippen LogP contribution in [0.4, 0.5) is 0 Å². The van der Waals surface area contributed by atoms with Crippen molar-refractivity contribution in [2.24, 2.45) is 5.92 Å². The molecule has 20 heavy (non-hydrogen) atoms. The lowest BCUT2D eigenvalue weighted by atomic mass is 9.93. The molecule has 4 heteroatoms. The minimum absolute atomic E-state index is 0.585. The van der Waals surface area contributed by atoms with Gasteiger partial charge in [0.2, 0.25) is 0 Å². The molecule has 1 aliphatic carbocycles. The number of carboxylic acids is 1. The van der Waals surface area contributed by atoms with Crippen molar-refractivity contribution in [3.05, 3.63) is 29.8 Å². The fourth-order valence-electron chi connectivity index (χ4n) is 2.15. The van der Waals surface area contributed by atoms with E-state index in [0.29, 0.717) is 12.3 Å². The number of nitrogens with one attached hydrogen (secondary N) is 1. The van der Waals surface area contributed by atoms with E-state index >= 15 is 0 Å². The summed E-state index contributed by atoms with van der Waals surface area (Å²) in [7, 11) is 1.64. The Balaban J connectivity index is 1.90. The van der Waals surface area contributed by atoms with Crippen molar-refractivity contribution < 1.29 is 14.6 Å². The Labute approximate surface area is 120 Å². The topological polar surface area (TPSA) is 58.6 Å². The molecular formula is C16H23NO3.